The highest BCUT2D eigenvalue weighted by molar-refractivity contribution is 5.36. The average Bonchev–Trinajstić information content (AvgIpc) is 2.37. The molecule has 2 aromatic carbocycles. The number of hydrogen-bond donors (Lipinski definition) is 0. The minimum atomic E-state index is 0.563. The third-order valence-corrected chi connectivity index (χ3v) is 3.11. The fourth-order valence-electron chi connectivity index (χ4n) is 2.13. The average molecular weight is 240 g/mol. The Morgan fingerprint density at radius 3 is 2.33 bits per heavy atom. The maximum atomic E-state index is 5.81. The summed E-state index contributed by atoms with van der Waals surface area (Å²) >= 11 is 0. The SMILES string of the molecule is Cc1cc(OCc2ccccc2)ccc1C(C)C. The fourth-order valence-corrected chi connectivity index (χ4v) is 2.13. The Balaban J connectivity index is 2.05. The lowest BCUT2D eigenvalue weighted by Gasteiger charge is -2.12. The molecule has 0 saturated heterocycles. The Morgan fingerprint density at radius 2 is 1.72 bits per heavy atom. The Bertz CT molecular complexity index is 500. The van der Waals surface area contributed by atoms with Crippen LogP contribution < -0.4 is 4.74 Å². The van der Waals surface area contributed by atoms with Crippen molar-refractivity contribution in [2.24, 2.45) is 0 Å². The van der Waals surface area contributed by atoms with Gasteiger partial charge in [-0.1, -0.05) is 50.2 Å². The molecular formula is C17H20O. The van der Waals surface area contributed by atoms with Gasteiger partial charge in [-0.2, -0.15) is 0 Å². The Morgan fingerprint density at radius 1 is 1.00 bits per heavy atom. The van der Waals surface area contributed by atoms with Crippen molar-refractivity contribution in [2.75, 3.05) is 0 Å². The molecule has 0 saturated carbocycles. The standard InChI is InChI=1S/C17H20O/c1-13(2)17-10-9-16(11-14(17)3)18-12-15-7-5-4-6-8-15/h4-11,13H,12H2,1-3H3. The van der Waals surface area contributed by atoms with Gasteiger partial charge in [-0.25, -0.2) is 0 Å². The lowest BCUT2D eigenvalue weighted by molar-refractivity contribution is 0.306. The first-order valence-electron chi connectivity index (χ1n) is 6.44. The van der Waals surface area contributed by atoms with Crippen LogP contribution in [-0.4, -0.2) is 0 Å². The highest BCUT2D eigenvalue weighted by atomic mass is 16.5. The van der Waals surface area contributed by atoms with Crippen molar-refractivity contribution in [1.82, 2.24) is 0 Å². The van der Waals surface area contributed by atoms with Gasteiger partial charge in [-0.15, -0.1) is 0 Å². The minimum Gasteiger partial charge on any atom is -0.489 e. The second-order valence-corrected chi connectivity index (χ2v) is 4.95. The molecule has 0 aliphatic rings. The smallest absolute Gasteiger partial charge is 0.120 e. The van der Waals surface area contributed by atoms with E-state index in [1.165, 1.54) is 16.7 Å². The van der Waals surface area contributed by atoms with Gasteiger partial charge in [0.2, 0.25) is 0 Å². The molecule has 18 heavy (non-hydrogen) atoms. The van der Waals surface area contributed by atoms with Gasteiger partial charge in [-0.3, -0.25) is 0 Å². The quantitative estimate of drug-likeness (QED) is 0.752. The summed E-state index contributed by atoms with van der Waals surface area (Å²) in [5.74, 6) is 1.51. The van der Waals surface area contributed by atoms with Gasteiger partial charge in [0, 0.05) is 0 Å². The molecule has 0 unspecified atom stereocenters. The third-order valence-electron chi connectivity index (χ3n) is 3.11. The van der Waals surface area contributed by atoms with Crippen LogP contribution >= 0.6 is 0 Å². The summed E-state index contributed by atoms with van der Waals surface area (Å²) in [6, 6.07) is 16.6. The Hall–Kier alpha value is -1.76. The van der Waals surface area contributed by atoms with Gasteiger partial charge in [0.25, 0.3) is 0 Å². The van der Waals surface area contributed by atoms with E-state index in [0.717, 1.165) is 5.75 Å². The minimum absolute atomic E-state index is 0.563. The van der Waals surface area contributed by atoms with Crippen LogP contribution in [0.25, 0.3) is 0 Å². The lowest BCUT2D eigenvalue weighted by Crippen LogP contribution is -1.97. The van der Waals surface area contributed by atoms with E-state index in [1.807, 2.05) is 18.2 Å². The molecule has 0 aliphatic heterocycles. The number of rotatable bonds is 4. The van der Waals surface area contributed by atoms with Gasteiger partial charge in [0.1, 0.15) is 12.4 Å². The molecule has 0 bridgehead atoms. The molecule has 2 aromatic rings. The highest BCUT2D eigenvalue weighted by Crippen LogP contribution is 2.23. The Labute approximate surface area is 109 Å². The van der Waals surface area contributed by atoms with Crippen LogP contribution in [0.2, 0.25) is 0 Å². The van der Waals surface area contributed by atoms with Crippen LogP contribution in [0.1, 0.15) is 36.5 Å². The van der Waals surface area contributed by atoms with Crippen LogP contribution in [-0.2, 0) is 6.61 Å². The summed E-state index contributed by atoms with van der Waals surface area (Å²) in [6.45, 7) is 7.20. The predicted molar refractivity (Wildman–Crippen MR) is 76.0 cm³/mol. The first-order valence-corrected chi connectivity index (χ1v) is 6.44. The van der Waals surface area contributed by atoms with Crippen molar-refractivity contribution >= 4 is 0 Å². The highest BCUT2D eigenvalue weighted by Gasteiger charge is 2.04. The van der Waals surface area contributed by atoms with E-state index in [2.05, 4.69) is 51.1 Å². The first kappa shape index (κ1) is 12.7. The molecule has 0 N–H and O–H groups in total. The monoisotopic (exact) mass is 240 g/mol. The zero-order valence-corrected chi connectivity index (χ0v) is 11.3. The molecule has 0 aromatic heterocycles. The molecule has 2 rings (SSSR count). The summed E-state index contributed by atoms with van der Waals surface area (Å²) in [7, 11) is 0. The van der Waals surface area contributed by atoms with Crippen LogP contribution in [0.15, 0.2) is 48.5 Å². The van der Waals surface area contributed by atoms with Gasteiger partial charge in [0.05, 0.1) is 0 Å². The van der Waals surface area contributed by atoms with Gasteiger partial charge < -0.3 is 4.74 Å². The summed E-state index contributed by atoms with van der Waals surface area (Å²) in [5.41, 5.74) is 3.89. The topological polar surface area (TPSA) is 9.23 Å². The van der Waals surface area contributed by atoms with Gasteiger partial charge in [0.15, 0.2) is 0 Å². The zero-order chi connectivity index (χ0) is 13.0. The third kappa shape index (κ3) is 3.13. The molecule has 0 spiro atoms. The van der Waals surface area contributed by atoms with Crippen molar-refractivity contribution in [3.05, 3.63) is 65.2 Å². The molecule has 0 heterocycles. The fraction of sp³-hybridized carbons (Fsp3) is 0.294. The summed E-state index contributed by atoms with van der Waals surface area (Å²) in [4.78, 5) is 0. The number of benzene rings is 2. The van der Waals surface area contributed by atoms with Crippen LogP contribution in [0.4, 0.5) is 0 Å². The molecule has 94 valence electrons. The summed E-state index contributed by atoms with van der Waals surface area (Å²) in [6.07, 6.45) is 0. The summed E-state index contributed by atoms with van der Waals surface area (Å²) in [5, 5.41) is 0. The normalized spacial score (nSPS) is 10.7. The van der Waals surface area contributed by atoms with Crippen molar-refractivity contribution in [3.8, 4) is 5.75 Å². The molecule has 1 nitrogen and oxygen atoms in total. The van der Waals surface area contributed by atoms with Crippen molar-refractivity contribution < 1.29 is 4.74 Å². The first-order chi connectivity index (χ1) is 8.66. The van der Waals surface area contributed by atoms with E-state index in [4.69, 9.17) is 4.74 Å². The Kier molecular flexibility index (Phi) is 4.03. The molecule has 0 atom stereocenters. The molecule has 0 aliphatic carbocycles. The molecular weight excluding hydrogens is 220 g/mol. The maximum absolute atomic E-state index is 5.81. The molecule has 0 radical (unpaired) electrons. The molecule has 1 heteroatoms. The van der Waals surface area contributed by atoms with E-state index < -0.39 is 0 Å². The predicted octanol–water partition coefficient (Wildman–Crippen LogP) is 4.70. The van der Waals surface area contributed by atoms with E-state index in [9.17, 15) is 0 Å². The van der Waals surface area contributed by atoms with Crippen LogP contribution in [0.3, 0.4) is 0 Å². The number of hydrogen-bond acceptors (Lipinski definition) is 1. The zero-order valence-electron chi connectivity index (χ0n) is 11.3. The second-order valence-electron chi connectivity index (χ2n) is 4.95. The summed E-state index contributed by atoms with van der Waals surface area (Å²) < 4.78 is 5.81. The van der Waals surface area contributed by atoms with Crippen molar-refractivity contribution in [2.45, 2.75) is 33.3 Å². The molecule has 0 fully saturated rings. The van der Waals surface area contributed by atoms with Gasteiger partial charge in [-0.05, 0) is 41.7 Å². The second kappa shape index (κ2) is 5.72. The van der Waals surface area contributed by atoms with Crippen molar-refractivity contribution in [3.63, 3.8) is 0 Å². The van der Waals surface area contributed by atoms with E-state index >= 15 is 0 Å². The lowest BCUT2D eigenvalue weighted by atomic mass is 9.98. The van der Waals surface area contributed by atoms with E-state index in [1.54, 1.807) is 0 Å². The maximum Gasteiger partial charge on any atom is 0.120 e. The number of aryl methyl sites for hydroxylation is 1. The molecule has 0 amide bonds. The van der Waals surface area contributed by atoms with E-state index in [0.29, 0.717) is 12.5 Å². The van der Waals surface area contributed by atoms with E-state index in [-0.39, 0.29) is 0 Å². The largest absolute Gasteiger partial charge is 0.489 e. The number of ether oxygens (including phenoxy) is 1. The van der Waals surface area contributed by atoms with Gasteiger partial charge >= 0.3 is 0 Å². The van der Waals surface area contributed by atoms with Crippen LogP contribution in [0, 0.1) is 6.92 Å². The van der Waals surface area contributed by atoms with Crippen molar-refractivity contribution in [1.29, 1.82) is 0 Å². The van der Waals surface area contributed by atoms with Crippen LogP contribution in [0.5, 0.6) is 5.75 Å².